The highest BCUT2D eigenvalue weighted by atomic mass is 16.4. The first-order valence-corrected chi connectivity index (χ1v) is 7.64. The Morgan fingerprint density at radius 1 is 1.21 bits per heavy atom. The third-order valence-electron chi connectivity index (χ3n) is 3.70. The van der Waals surface area contributed by atoms with Crippen LogP contribution in [-0.4, -0.2) is 27.5 Å². The number of nitrogen functional groups attached to an aromatic ring is 1. The Labute approximate surface area is 140 Å². The van der Waals surface area contributed by atoms with Crippen LogP contribution >= 0.6 is 0 Å². The number of nitrogens with one attached hydrogen (secondary N) is 1. The number of hydrogen-bond donors (Lipinski definition) is 3. The molecule has 1 aromatic carbocycles. The van der Waals surface area contributed by atoms with Crippen molar-refractivity contribution in [2.45, 2.75) is 32.2 Å². The average Bonchev–Trinajstić information content (AvgIpc) is 2.53. The van der Waals surface area contributed by atoms with Gasteiger partial charge in [0.05, 0.1) is 16.9 Å². The molecule has 1 heterocycles. The van der Waals surface area contributed by atoms with Crippen molar-refractivity contribution in [1.29, 1.82) is 0 Å². The van der Waals surface area contributed by atoms with Crippen LogP contribution in [0.3, 0.4) is 0 Å². The molecule has 0 fully saturated rings. The highest BCUT2D eigenvalue weighted by molar-refractivity contribution is 6.02. The summed E-state index contributed by atoms with van der Waals surface area (Å²) in [6, 6.07) is 10.9. The standard InChI is InChI=1S/C18H21N3O3/c1-18(2,10-8-14(22)23)21-17(24)13-9-11-20-16(15(13)19)12-6-4-3-5-7-12/h3-7,9,11H,8,10,19H2,1-2H3,(H,21,24)(H,22,23). The van der Waals surface area contributed by atoms with Crippen molar-refractivity contribution in [2.24, 2.45) is 0 Å². The van der Waals surface area contributed by atoms with Crippen LogP contribution < -0.4 is 11.1 Å². The van der Waals surface area contributed by atoms with Gasteiger partial charge in [-0.3, -0.25) is 14.6 Å². The predicted molar refractivity (Wildman–Crippen MR) is 92.5 cm³/mol. The summed E-state index contributed by atoms with van der Waals surface area (Å²) in [5, 5.41) is 11.6. The van der Waals surface area contributed by atoms with E-state index in [1.165, 1.54) is 6.20 Å². The number of benzene rings is 1. The number of amides is 1. The molecule has 0 saturated carbocycles. The zero-order valence-electron chi connectivity index (χ0n) is 13.7. The number of rotatable bonds is 6. The van der Waals surface area contributed by atoms with E-state index >= 15 is 0 Å². The molecule has 0 aliphatic heterocycles. The second kappa shape index (κ2) is 7.12. The Morgan fingerprint density at radius 3 is 2.50 bits per heavy atom. The van der Waals surface area contributed by atoms with Crippen molar-refractivity contribution >= 4 is 17.6 Å². The summed E-state index contributed by atoms with van der Waals surface area (Å²) in [6.07, 6.45) is 1.84. The molecule has 6 heteroatoms. The van der Waals surface area contributed by atoms with Crippen molar-refractivity contribution < 1.29 is 14.7 Å². The van der Waals surface area contributed by atoms with E-state index < -0.39 is 11.5 Å². The Hall–Kier alpha value is -2.89. The molecule has 6 nitrogen and oxygen atoms in total. The first kappa shape index (κ1) is 17.5. The van der Waals surface area contributed by atoms with Crippen LogP contribution in [-0.2, 0) is 4.79 Å². The number of aromatic nitrogens is 1. The largest absolute Gasteiger partial charge is 0.481 e. The summed E-state index contributed by atoms with van der Waals surface area (Å²) in [7, 11) is 0. The van der Waals surface area contributed by atoms with Crippen LogP contribution in [0.4, 0.5) is 5.69 Å². The maximum atomic E-state index is 12.5. The molecule has 0 bridgehead atoms. The number of anilines is 1. The van der Waals surface area contributed by atoms with Crippen LogP contribution in [0.15, 0.2) is 42.6 Å². The molecule has 0 atom stereocenters. The normalized spacial score (nSPS) is 11.1. The number of nitrogens with two attached hydrogens (primary N) is 1. The maximum Gasteiger partial charge on any atom is 0.303 e. The fourth-order valence-electron chi connectivity index (χ4n) is 2.35. The molecule has 4 N–H and O–H groups in total. The van der Waals surface area contributed by atoms with Gasteiger partial charge < -0.3 is 16.2 Å². The molecule has 0 radical (unpaired) electrons. The second-order valence-corrected chi connectivity index (χ2v) is 6.22. The molecular formula is C18H21N3O3. The highest BCUT2D eigenvalue weighted by Crippen LogP contribution is 2.26. The Bertz CT molecular complexity index is 742. The Balaban J connectivity index is 2.23. The summed E-state index contributed by atoms with van der Waals surface area (Å²) in [5.74, 6) is -1.24. The molecular weight excluding hydrogens is 306 g/mol. The van der Waals surface area contributed by atoms with E-state index in [0.29, 0.717) is 23.4 Å². The zero-order valence-corrected chi connectivity index (χ0v) is 13.7. The second-order valence-electron chi connectivity index (χ2n) is 6.22. The Kier molecular flexibility index (Phi) is 5.18. The summed E-state index contributed by atoms with van der Waals surface area (Å²) < 4.78 is 0. The van der Waals surface area contributed by atoms with E-state index in [-0.39, 0.29) is 12.3 Å². The highest BCUT2D eigenvalue weighted by Gasteiger charge is 2.24. The lowest BCUT2D eigenvalue weighted by Crippen LogP contribution is -2.44. The minimum Gasteiger partial charge on any atom is -0.481 e. The molecule has 0 aliphatic rings. The van der Waals surface area contributed by atoms with Crippen molar-refractivity contribution in [3.63, 3.8) is 0 Å². The molecule has 126 valence electrons. The summed E-state index contributed by atoms with van der Waals surface area (Å²) >= 11 is 0. The maximum absolute atomic E-state index is 12.5. The number of pyridine rings is 1. The molecule has 0 aliphatic carbocycles. The van der Waals surface area contributed by atoms with E-state index in [2.05, 4.69) is 10.3 Å². The molecule has 24 heavy (non-hydrogen) atoms. The number of hydrogen-bond acceptors (Lipinski definition) is 4. The quantitative estimate of drug-likeness (QED) is 0.756. The molecule has 0 saturated heterocycles. The van der Waals surface area contributed by atoms with Gasteiger partial charge in [0.2, 0.25) is 0 Å². The summed E-state index contributed by atoms with van der Waals surface area (Å²) in [6.45, 7) is 3.56. The number of aliphatic carboxylic acids is 1. The van der Waals surface area contributed by atoms with Gasteiger partial charge in [-0.2, -0.15) is 0 Å². The SMILES string of the molecule is CC(C)(CCC(=O)O)NC(=O)c1ccnc(-c2ccccc2)c1N. The molecule has 0 spiro atoms. The van der Waals surface area contributed by atoms with Crippen molar-refractivity contribution in [2.75, 3.05) is 5.73 Å². The van der Waals surface area contributed by atoms with E-state index in [1.54, 1.807) is 19.9 Å². The minimum absolute atomic E-state index is 0.0195. The van der Waals surface area contributed by atoms with Crippen molar-refractivity contribution in [3.8, 4) is 11.3 Å². The fraction of sp³-hybridized carbons (Fsp3) is 0.278. The van der Waals surface area contributed by atoms with Gasteiger partial charge in [-0.25, -0.2) is 0 Å². The lowest BCUT2D eigenvalue weighted by Gasteiger charge is -2.26. The van der Waals surface area contributed by atoms with Crippen LogP contribution in [0.5, 0.6) is 0 Å². The number of carboxylic acid groups (broad SMARTS) is 1. The first-order chi connectivity index (χ1) is 11.3. The van der Waals surface area contributed by atoms with Gasteiger partial charge in [0, 0.05) is 23.7 Å². The fourth-order valence-corrected chi connectivity index (χ4v) is 2.35. The van der Waals surface area contributed by atoms with Crippen LogP contribution in [0, 0.1) is 0 Å². The van der Waals surface area contributed by atoms with Crippen LogP contribution in [0.1, 0.15) is 37.0 Å². The summed E-state index contributed by atoms with van der Waals surface area (Å²) in [5.41, 5.74) is 7.49. The lowest BCUT2D eigenvalue weighted by molar-refractivity contribution is -0.137. The Morgan fingerprint density at radius 2 is 1.88 bits per heavy atom. The van der Waals surface area contributed by atoms with Crippen LogP contribution in [0.2, 0.25) is 0 Å². The van der Waals surface area contributed by atoms with Gasteiger partial charge in [0.1, 0.15) is 0 Å². The zero-order chi connectivity index (χ0) is 17.7. The number of carboxylic acids is 1. The van der Waals surface area contributed by atoms with Gasteiger partial charge in [0.15, 0.2) is 0 Å². The van der Waals surface area contributed by atoms with Gasteiger partial charge in [-0.1, -0.05) is 30.3 Å². The van der Waals surface area contributed by atoms with E-state index in [4.69, 9.17) is 10.8 Å². The molecule has 1 amide bonds. The van der Waals surface area contributed by atoms with Gasteiger partial charge in [-0.15, -0.1) is 0 Å². The lowest BCUT2D eigenvalue weighted by atomic mass is 9.97. The van der Waals surface area contributed by atoms with Gasteiger partial charge >= 0.3 is 5.97 Å². The van der Waals surface area contributed by atoms with Gasteiger partial charge in [-0.05, 0) is 26.3 Å². The van der Waals surface area contributed by atoms with E-state index in [0.717, 1.165) is 5.56 Å². The van der Waals surface area contributed by atoms with E-state index in [9.17, 15) is 9.59 Å². The first-order valence-electron chi connectivity index (χ1n) is 7.64. The van der Waals surface area contributed by atoms with E-state index in [1.807, 2.05) is 30.3 Å². The van der Waals surface area contributed by atoms with Crippen molar-refractivity contribution in [1.82, 2.24) is 10.3 Å². The third-order valence-corrected chi connectivity index (χ3v) is 3.70. The monoisotopic (exact) mass is 327 g/mol. The number of carbonyl (C=O) groups excluding carboxylic acids is 1. The molecule has 2 aromatic rings. The molecule has 1 aromatic heterocycles. The predicted octanol–water partition coefficient (Wildman–Crippen LogP) is 2.70. The van der Waals surface area contributed by atoms with Crippen LogP contribution in [0.25, 0.3) is 11.3 Å². The van der Waals surface area contributed by atoms with Gasteiger partial charge in [0.25, 0.3) is 5.91 Å². The minimum atomic E-state index is -0.896. The topological polar surface area (TPSA) is 105 Å². The average molecular weight is 327 g/mol. The number of nitrogens with zero attached hydrogens (tertiary/aromatic N) is 1. The van der Waals surface area contributed by atoms with Crippen molar-refractivity contribution in [3.05, 3.63) is 48.2 Å². The smallest absolute Gasteiger partial charge is 0.303 e. The summed E-state index contributed by atoms with van der Waals surface area (Å²) in [4.78, 5) is 27.5. The molecule has 2 rings (SSSR count). The number of carbonyl (C=O) groups is 2. The third kappa shape index (κ3) is 4.32. The molecule has 0 unspecified atom stereocenters.